The van der Waals surface area contributed by atoms with Crippen LogP contribution in [0.4, 0.5) is 0 Å². The summed E-state index contributed by atoms with van der Waals surface area (Å²) in [4.78, 5) is 25.3. The number of rotatable bonds is 4. The Balaban J connectivity index is 2.01. The van der Waals surface area contributed by atoms with Crippen molar-refractivity contribution in [3.8, 4) is 0 Å². The minimum Gasteiger partial charge on any atom is -0.289 e. The van der Waals surface area contributed by atoms with Crippen LogP contribution in [0, 0.1) is 0 Å². The van der Waals surface area contributed by atoms with Gasteiger partial charge in [-0.05, 0) is 12.1 Å². The second-order valence-corrected chi connectivity index (χ2v) is 6.91. The van der Waals surface area contributed by atoms with Crippen LogP contribution in [0.25, 0.3) is 0 Å². The van der Waals surface area contributed by atoms with E-state index in [-0.39, 0.29) is 11.6 Å². The van der Waals surface area contributed by atoms with Gasteiger partial charge in [0.1, 0.15) is 0 Å². The maximum Gasteiger partial charge on any atom is 0.194 e. The molecular formula is C20H12Br2O2. The van der Waals surface area contributed by atoms with Crippen LogP contribution in [-0.2, 0) is 0 Å². The predicted molar refractivity (Wildman–Crippen MR) is 102 cm³/mol. The van der Waals surface area contributed by atoms with Crippen molar-refractivity contribution in [2.24, 2.45) is 0 Å². The van der Waals surface area contributed by atoms with Crippen molar-refractivity contribution in [1.82, 2.24) is 0 Å². The van der Waals surface area contributed by atoms with E-state index in [1.807, 2.05) is 36.4 Å². The smallest absolute Gasteiger partial charge is 0.194 e. The molecule has 118 valence electrons. The first kappa shape index (κ1) is 16.8. The summed E-state index contributed by atoms with van der Waals surface area (Å²) < 4.78 is 1.19. The van der Waals surface area contributed by atoms with E-state index in [0.29, 0.717) is 31.2 Å². The standard InChI is InChI=1S/C20H12Br2O2/c21-17-12-16(20(24)14-9-5-2-6-10-14)18(22)11-15(17)19(23)13-7-3-1-4-8-13/h1-12H. The molecule has 24 heavy (non-hydrogen) atoms. The summed E-state index contributed by atoms with van der Waals surface area (Å²) in [5.41, 5.74) is 2.23. The molecule has 0 amide bonds. The second-order valence-electron chi connectivity index (χ2n) is 5.20. The molecule has 0 spiro atoms. The van der Waals surface area contributed by atoms with Crippen molar-refractivity contribution in [2.45, 2.75) is 0 Å². The summed E-state index contributed by atoms with van der Waals surface area (Å²) in [6.45, 7) is 0. The molecule has 0 bridgehead atoms. The summed E-state index contributed by atoms with van der Waals surface area (Å²) in [5.74, 6) is -0.191. The minimum atomic E-state index is -0.0955. The van der Waals surface area contributed by atoms with Crippen LogP contribution in [0.2, 0.25) is 0 Å². The van der Waals surface area contributed by atoms with Gasteiger partial charge in [0.25, 0.3) is 0 Å². The molecule has 0 aliphatic carbocycles. The highest BCUT2D eigenvalue weighted by molar-refractivity contribution is 9.11. The molecule has 0 N–H and O–H groups in total. The van der Waals surface area contributed by atoms with Gasteiger partial charge in [0.05, 0.1) is 0 Å². The Bertz CT molecular complexity index is 826. The highest BCUT2D eigenvalue weighted by Gasteiger charge is 2.19. The van der Waals surface area contributed by atoms with Crippen molar-refractivity contribution in [1.29, 1.82) is 0 Å². The molecule has 0 aromatic heterocycles. The lowest BCUT2D eigenvalue weighted by Gasteiger charge is -2.09. The van der Waals surface area contributed by atoms with Crippen LogP contribution in [0.1, 0.15) is 31.8 Å². The Labute approximate surface area is 156 Å². The van der Waals surface area contributed by atoms with Crippen LogP contribution in [-0.4, -0.2) is 11.6 Å². The number of carbonyl (C=O) groups excluding carboxylic acids is 2. The Hall–Kier alpha value is -2.04. The molecular weight excluding hydrogens is 432 g/mol. The highest BCUT2D eigenvalue weighted by Crippen LogP contribution is 2.29. The van der Waals surface area contributed by atoms with Crippen LogP contribution in [0.15, 0.2) is 81.7 Å². The number of hydrogen-bond donors (Lipinski definition) is 0. The van der Waals surface area contributed by atoms with E-state index in [1.165, 1.54) is 0 Å². The van der Waals surface area contributed by atoms with Crippen molar-refractivity contribution in [3.63, 3.8) is 0 Å². The maximum atomic E-state index is 12.6. The summed E-state index contributed by atoms with van der Waals surface area (Å²) in [5, 5.41) is 0. The largest absolute Gasteiger partial charge is 0.289 e. The number of benzene rings is 3. The molecule has 2 nitrogen and oxygen atoms in total. The Morgan fingerprint density at radius 3 is 1.25 bits per heavy atom. The molecule has 0 saturated carbocycles. The van der Waals surface area contributed by atoms with Crippen molar-refractivity contribution >= 4 is 43.4 Å². The van der Waals surface area contributed by atoms with Crippen molar-refractivity contribution < 1.29 is 9.59 Å². The molecule has 0 fully saturated rings. The lowest BCUT2D eigenvalue weighted by atomic mass is 9.98. The van der Waals surface area contributed by atoms with Gasteiger partial charge >= 0.3 is 0 Å². The normalized spacial score (nSPS) is 10.4. The fourth-order valence-electron chi connectivity index (χ4n) is 2.38. The first-order valence-electron chi connectivity index (χ1n) is 7.26. The zero-order valence-corrected chi connectivity index (χ0v) is 15.7. The lowest BCUT2D eigenvalue weighted by molar-refractivity contribution is 0.102. The fourth-order valence-corrected chi connectivity index (χ4v) is 3.43. The molecule has 0 atom stereocenters. The third-order valence-corrected chi connectivity index (χ3v) is 4.93. The predicted octanol–water partition coefficient (Wildman–Crippen LogP) is 5.67. The maximum absolute atomic E-state index is 12.6. The van der Waals surface area contributed by atoms with Crippen molar-refractivity contribution in [3.05, 3.63) is 104 Å². The van der Waals surface area contributed by atoms with Crippen LogP contribution in [0.3, 0.4) is 0 Å². The first-order chi connectivity index (χ1) is 11.6. The molecule has 3 aromatic carbocycles. The molecule has 3 rings (SSSR count). The third-order valence-electron chi connectivity index (χ3n) is 3.62. The van der Waals surface area contributed by atoms with E-state index in [4.69, 9.17) is 0 Å². The van der Waals surface area contributed by atoms with Crippen LogP contribution < -0.4 is 0 Å². The van der Waals surface area contributed by atoms with Gasteiger partial charge in [-0.15, -0.1) is 0 Å². The third kappa shape index (κ3) is 3.40. The van der Waals surface area contributed by atoms with Gasteiger partial charge in [-0.25, -0.2) is 0 Å². The molecule has 0 radical (unpaired) electrons. The molecule has 3 aromatic rings. The quantitative estimate of drug-likeness (QED) is 0.486. The molecule has 0 heterocycles. The molecule has 4 heteroatoms. The summed E-state index contributed by atoms with van der Waals surface area (Å²) >= 11 is 6.85. The van der Waals surface area contributed by atoms with Gasteiger partial charge in [0, 0.05) is 31.2 Å². The monoisotopic (exact) mass is 442 g/mol. The number of hydrogen-bond acceptors (Lipinski definition) is 2. The molecule has 0 aliphatic rings. The molecule has 0 aliphatic heterocycles. The number of halogens is 2. The van der Waals surface area contributed by atoms with Crippen molar-refractivity contribution in [2.75, 3.05) is 0 Å². The zero-order valence-electron chi connectivity index (χ0n) is 12.5. The van der Waals surface area contributed by atoms with E-state index in [9.17, 15) is 9.59 Å². The zero-order chi connectivity index (χ0) is 17.1. The summed E-state index contributed by atoms with van der Waals surface area (Å²) in [7, 11) is 0. The van der Waals surface area contributed by atoms with Gasteiger partial charge in [0.2, 0.25) is 0 Å². The first-order valence-corrected chi connectivity index (χ1v) is 8.85. The van der Waals surface area contributed by atoms with Gasteiger partial charge in [-0.3, -0.25) is 9.59 Å². The average molecular weight is 444 g/mol. The van der Waals surface area contributed by atoms with E-state index >= 15 is 0 Å². The van der Waals surface area contributed by atoms with Gasteiger partial charge in [0.15, 0.2) is 11.6 Å². The van der Waals surface area contributed by atoms with Gasteiger partial charge < -0.3 is 0 Å². The van der Waals surface area contributed by atoms with Gasteiger partial charge in [-0.2, -0.15) is 0 Å². The number of carbonyl (C=O) groups is 2. The topological polar surface area (TPSA) is 34.1 Å². The average Bonchev–Trinajstić information content (AvgIpc) is 2.63. The molecule has 0 saturated heterocycles. The van der Waals surface area contributed by atoms with Crippen LogP contribution >= 0.6 is 31.9 Å². The Morgan fingerprint density at radius 1 is 0.583 bits per heavy atom. The second kappa shape index (κ2) is 7.24. The molecule has 0 unspecified atom stereocenters. The van der Waals surface area contributed by atoms with Gasteiger partial charge in [-0.1, -0.05) is 92.5 Å². The Morgan fingerprint density at radius 2 is 0.917 bits per heavy atom. The Kier molecular flexibility index (Phi) is 5.07. The van der Waals surface area contributed by atoms with E-state index in [1.54, 1.807) is 36.4 Å². The summed E-state index contributed by atoms with van der Waals surface area (Å²) in [6, 6.07) is 21.5. The van der Waals surface area contributed by atoms with E-state index < -0.39 is 0 Å². The fraction of sp³-hybridized carbons (Fsp3) is 0. The SMILES string of the molecule is O=C(c1ccccc1)c1cc(Br)c(C(=O)c2ccccc2)cc1Br. The lowest BCUT2D eigenvalue weighted by Crippen LogP contribution is -2.07. The van der Waals surface area contributed by atoms with E-state index in [0.717, 1.165) is 0 Å². The van der Waals surface area contributed by atoms with Crippen LogP contribution in [0.5, 0.6) is 0 Å². The number of ketones is 2. The summed E-state index contributed by atoms with van der Waals surface area (Å²) in [6.07, 6.45) is 0. The minimum absolute atomic E-state index is 0.0955. The van der Waals surface area contributed by atoms with E-state index in [2.05, 4.69) is 31.9 Å². The highest BCUT2D eigenvalue weighted by atomic mass is 79.9.